The molecule has 164 valence electrons. The highest BCUT2D eigenvalue weighted by atomic mass is 32.1. The zero-order chi connectivity index (χ0) is 22.4. The Morgan fingerprint density at radius 3 is 2.94 bits per heavy atom. The van der Waals surface area contributed by atoms with Crippen molar-refractivity contribution in [1.82, 2.24) is 30.5 Å². The van der Waals surface area contributed by atoms with Gasteiger partial charge < -0.3 is 11.1 Å². The van der Waals surface area contributed by atoms with Gasteiger partial charge in [0.2, 0.25) is 0 Å². The smallest absolute Gasteiger partial charge is 0.190 e. The van der Waals surface area contributed by atoms with Gasteiger partial charge in [0.1, 0.15) is 11.5 Å². The summed E-state index contributed by atoms with van der Waals surface area (Å²) in [7, 11) is 0. The Hall–Kier alpha value is -3.17. The van der Waals surface area contributed by atoms with Gasteiger partial charge in [-0.2, -0.15) is 4.68 Å². The number of hydrogen-bond acceptors (Lipinski definition) is 7. The van der Waals surface area contributed by atoms with Crippen LogP contribution >= 0.6 is 11.3 Å². The largest absolute Gasteiger partial charge is 0.383 e. The van der Waals surface area contributed by atoms with E-state index in [1.54, 1.807) is 30.5 Å². The molecule has 0 saturated carbocycles. The number of rotatable bonds is 3. The fourth-order valence-electron chi connectivity index (χ4n) is 4.06. The van der Waals surface area contributed by atoms with Gasteiger partial charge in [-0.1, -0.05) is 6.07 Å². The molecule has 1 aliphatic rings. The number of aryl methyl sites for hydroxylation is 1. The van der Waals surface area contributed by atoms with Crippen LogP contribution in [0.1, 0.15) is 28.5 Å². The molecule has 1 unspecified atom stereocenters. The van der Waals surface area contributed by atoms with Gasteiger partial charge in [0.05, 0.1) is 5.56 Å². The first-order valence-electron chi connectivity index (χ1n) is 10.6. The maximum atomic E-state index is 15.0. The third kappa shape index (κ3) is 3.57. The van der Waals surface area contributed by atoms with Gasteiger partial charge in [-0.3, -0.25) is 0 Å². The lowest BCUT2D eigenvalue weighted by Gasteiger charge is -2.11. The van der Waals surface area contributed by atoms with E-state index in [0.29, 0.717) is 28.8 Å². The van der Waals surface area contributed by atoms with Crippen LogP contribution in [0.4, 0.5) is 10.2 Å². The summed E-state index contributed by atoms with van der Waals surface area (Å²) in [5.41, 5.74) is 10.8. The Bertz CT molecular complexity index is 1310. The molecule has 1 aromatic carbocycles. The highest BCUT2D eigenvalue weighted by Crippen LogP contribution is 2.36. The number of fused-ring (bicyclic) bond motifs is 1. The highest BCUT2D eigenvalue weighted by molar-refractivity contribution is 7.15. The fourth-order valence-corrected chi connectivity index (χ4v) is 5.24. The van der Waals surface area contributed by atoms with Crippen molar-refractivity contribution in [1.29, 1.82) is 0 Å². The van der Waals surface area contributed by atoms with Crippen LogP contribution in [-0.2, 0) is 12.8 Å². The first kappa shape index (κ1) is 20.7. The molecule has 7 nitrogen and oxygen atoms in total. The SMILES string of the molecule is Cc1ccc(-n2nnnc2-c2cc(-c3cc4c(s3)CCNC(C)C4)cnc2N)c(F)c1C. The molecule has 0 bridgehead atoms. The molecular formula is C23H24FN7S. The molecular weight excluding hydrogens is 425 g/mol. The number of hydrogen-bond donors (Lipinski definition) is 2. The van der Waals surface area contributed by atoms with Gasteiger partial charge >= 0.3 is 0 Å². The number of thiophene rings is 1. The number of anilines is 1. The second-order valence-electron chi connectivity index (χ2n) is 8.28. The molecule has 0 spiro atoms. The summed E-state index contributed by atoms with van der Waals surface area (Å²) < 4.78 is 16.4. The minimum Gasteiger partial charge on any atom is -0.383 e. The average molecular weight is 450 g/mol. The Labute approximate surface area is 189 Å². The lowest BCUT2D eigenvalue weighted by Crippen LogP contribution is -2.27. The van der Waals surface area contributed by atoms with Crippen molar-refractivity contribution in [3.8, 4) is 27.5 Å². The van der Waals surface area contributed by atoms with Gasteiger partial charge in [0, 0.05) is 34.1 Å². The van der Waals surface area contributed by atoms with Crippen molar-refractivity contribution in [2.45, 2.75) is 39.7 Å². The summed E-state index contributed by atoms with van der Waals surface area (Å²) in [6.45, 7) is 6.80. The quantitative estimate of drug-likeness (QED) is 0.493. The molecule has 4 heterocycles. The topological polar surface area (TPSA) is 94.5 Å². The summed E-state index contributed by atoms with van der Waals surface area (Å²) in [6.07, 6.45) is 3.80. The van der Waals surface area contributed by atoms with E-state index in [1.807, 2.05) is 19.1 Å². The summed E-state index contributed by atoms with van der Waals surface area (Å²) in [6, 6.07) is 8.17. The molecule has 3 N–H and O–H groups in total. The molecule has 0 fully saturated rings. The maximum Gasteiger partial charge on any atom is 0.190 e. The summed E-state index contributed by atoms with van der Waals surface area (Å²) >= 11 is 1.78. The summed E-state index contributed by atoms with van der Waals surface area (Å²) in [5.74, 6) is 0.297. The summed E-state index contributed by atoms with van der Waals surface area (Å²) in [4.78, 5) is 6.94. The number of nitrogens with one attached hydrogen (secondary N) is 1. The number of halogens is 1. The van der Waals surface area contributed by atoms with Crippen LogP contribution in [0.2, 0.25) is 0 Å². The van der Waals surface area contributed by atoms with Crippen LogP contribution in [0.5, 0.6) is 0 Å². The third-order valence-corrected chi connectivity index (χ3v) is 7.33. The molecule has 1 atom stereocenters. The van der Waals surface area contributed by atoms with Gasteiger partial charge in [0.15, 0.2) is 11.6 Å². The van der Waals surface area contributed by atoms with Gasteiger partial charge in [-0.15, -0.1) is 16.4 Å². The van der Waals surface area contributed by atoms with Crippen molar-refractivity contribution < 1.29 is 4.39 Å². The fraction of sp³-hybridized carbons (Fsp3) is 0.304. The predicted octanol–water partition coefficient (Wildman–Crippen LogP) is 3.87. The number of benzene rings is 1. The number of aromatic nitrogens is 5. The summed E-state index contributed by atoms with van der Waals surface area (Å²) in [5, 5.41) is 15.5. The Balaban J connectivity index is 1.58. The number of pyridine rings is 1. The zero-order valence-electron chi connectivity index (χ0n) is 18.2. The van der Waals surface area contributed by atoms with E-state index >= 15 is 0 Å². The van der Waals surface area contributed by atoms with Crippen LogP contribution in [-0.4, -0.2) is 37.8 Å². The van der Waals surface area contributed by atoms with Crippen molar-refractivity contribution >= 4 is 17.2 Å². The van der Waals surface area contributed by atoms with Gasteiger partial charge in [0.25, 0.3) is 0 Å². The lowest BCUT2D eigenvalue weighted by atomic mass is 10.1. The van der Waals surface area contributed by atoms with E-state index in [0.717, 1.165) is 35.4 Å². The number of tetrazole rings is 1. The maximum absolute atomic E-state index is 15.0. The van der Waals surface area contributed by atoms with Crippen LogP contribution in [0.3, 0.4) is 0 Å². The standard InChI is InChI=1S/C23H24FN7S/c1-12-4-5-18(21(24)14(12)3)31-23(28-29-30-31)17-9-16(11-27-22(17)25)20-10-15-8-13(2)26-7-6-19(15)32-20/h4-5,9-11,13,26H,6-8H2,1-3H3,(H2,25,27). The van der Waals surface area contributed by atoms with Gasteiger partial charge in [-0.05, 0) is 78.9 Å². The van der Waals surface area contributed by atoms with E-state index in [-0.39, 0.29) is 11.5 Å². The lowest BCUT2D eigenvalue weighted by molar-refractivity contribution is 0.568. The average Bonchev–Trinajstić information content (AvgIpc) is 3.36. The highest BCUT2D eigenvalue weighted by Gasteiger charge is 2.21. The van der Waals surface area contributed by atoms with Crippen LogP contribution in [0.25, 0.3) is 27.5 Å². The molecule has 9 heteroatoms. The molecule has 4 aromatic rings. The normalized spacial score (nSPS) is 16.1. The van der Waals surface area contributed by atoms with Gasteiger partial charge in [-0.25, -0.2) is 9.37 Å². The number of nitrogens with two attached hydrogens (primary N) is 1. The first-order chi connectivity index (χ1) is 15.4. The first-order valence-corrected chi connectivity index (χ1v) is 11.4. The third-order valence-electron chi connectivity index (χ3n) is 6.05. The Kier molecular flexibility index (Phi) is 5.22. The van der Waals surface area contributed by atoms with Crippen molar-refractivity contribution in [3.63, 3.8) is 0 Å². The monoisotopic (exact) mass is 449 g/mol. The molecule has 32 heavy (non-hydrogen) atoms. The van der Waals surface area contributed by atoms with Crippen LogP contribution in [0, 0.1) is 19.7 Å². The number of nitrogen functional groups attached to an aromatic ring is 1. The van der Waals surface area contributed by atoms with E-state index in [2.05, 4.69) is 38.8 Å². The molecule has 0 radical (unpaired) electrons. The second-order valence-corrected chi connectivity index (χ2v) is 9.42. The predicted molar refractivity (Wildman–Crippen MR) is 124 cm³/mol. The van der Waals surface area contributed by atoms with E-state index in [9.17, 15) is 4.39 Å². The van der Waals surface area contributed by atoms with Crippen molar-refractivity contribution in [3.05, 3.63) is 57.8 Å². The van der Waals surface area contributed by atoms with Crippen LogP contribution < -0.4 is 11.1 Å². The van der Waals surface area contributed by atoms with Crippen molar-refractivity contribution in [2.75, 3.05) is 12.3 Å². The Morgan fingerprint density at radius 2 is 2.09 bits per heavy atom. The molecule has 0 saturated heterocycles. The Morgan fingerprint density at radius 1 is 1.25 bits per heavy atom. The van der Waals surface area contributed by atoms with E-state index in [1.165, 1.54) is 15.1 Å². The van der Waals surface area contributed by atoms with Crippen molar-refractivity contribution in [2.24, 2.45) is 0 Å². The molecule has 3 aromatic heterocycles. The minimum atomic E-state index is -0.356. The van der Waals surface area contributed by atoms with Crippen LogP contribution in [0.15, 0.2) is 30.5 Å². The van der Waals surface area contributed by atoms with E-state index < -0.39 is 0 Å². The minimum absolute atomic E-state index is 0.280. The van der Waals surface area contributed by atoms with E-state index in [4.69, 9.17) is 5.73 Å². The molecule has 0 aliphatic carbocycles. The second kappa shape index (κ2) is 8.07. The molecule has 5 rings (SSSR count). The molecule has 1 aliphatic heterocycles. The number of nitrogens with zero attached hydrogens (tertiary/aromatic N) is 5. The zero-order valence-corrected chi connectivity index (χ0v) is 19.0. The molecule has 0 amide bonds.